The number of β-lactam (4-membered cyclic amide) rings is 1. The van der Waals surface area contributed by atoms with Gasteiger partial charge in [0, 0.05) is 22.8 Å². The van der Waals surface area contributed by atoms with Crippen molar-refractivity contribution in [1.82, 2.24) is 15.2 Å². The topological polar surface area (TPSA) is 217 Å². The molecule has 0 spiro atoms. The van der Waals surface area contributed by atoms with Crippen LogP contribution in [0.4, 0.5) is 10.8 Å². The van der Waals surface area contributed by atoms with Crippen LogP contribution in [-0.4, -0.2) is 61.6 Å². The predicted molar refractivity (Wildman–Crippen MR) is 129 cm³/mol. The minimum absolute atomic E-state index is 0.0186. The van der Waals surface area contributed by atoms with Crippen molar-refractivity contribution in [3.8, 4) is 0 Å². The molecule has 4 rings (SSSR count). The molecule has 2 aromatic heterocycles. The lowest BCUT2D eigenvalue weighted by Gasteiger charge is -2.50. The van der Waals surface area contributed by atoms with Crippen molar-refractivity contribution in [2.24, 2.45) is 5.16 Å². The fourth-order valence-corrected chi connectivity index (χ4v) is 5.49. The second-order valence-corrected chi connectivity index (χ2v) is 9.74. The van der Waals surface area contributed by atoms with Crippen LogP contribution in [-0.2, 0) is 30.6 Å². The molecule has 0 unspecified atom stereocenters. The van der Waals surface area contributed by atoms with Gasteiger partial charge in [-0.3, -0.25) is 14.5 Å². The minimum Gasteiger partial charge on any atom is -0.543 e. The van der Waals surface area contributed by atoms with Gasteiger partial charge in [-0.25, -0.2) is 9.78 Å². The van der Waals surface area contributed by atoms with Gasteiger partial charge in [0.25, 0.3) is 11.8 Å². The Balaban J connectivity index is 1.54. The van der Waals surface area contributed by atoms with Crippen LogP contribution in [0.3, 0.4) is 0 Å². The highest BCUT2D eigenvalue weighted by atomic mass is 32.2. The molecule has 0 aromatic carbocycles. The normalized spacial score (nSPS) is 19.1. The van der Waals surface area contributed by atoms with E-state index >= 15 is 0 Å². The molecule has 0 bridgehead atoms. The van der Waals surface area contributed by atoms with E-state index in [0.29, 0.717) is 11.3 Å². The fourth-order valence-electron chi connectivity index (χ4n) is 3.60. The van der Waals surface area contributed by atoms with Crippen LogP contribution >= 0.6 is 23.1 Å². The number of nitrogens with one attached hydrogen (secondary N) is 1. The summed E-state index contributed by atoms with van der Waals surface area (Å²) in [5.41, 5.74) is 11.6. The molecule has 0 saturated carbocycles. The Labute approximate surface area is 216 Å². The Bertz CT molecular complexity index is 1390. The predicted octanol–water partition coefficient (Wildman–Crippen LogP) is -1.98. The number of amides is 2. The van der Waals surface area contributed by atoms with Crippen LogP contribution in [0.1, 0.15) is 5.69 Å². The number of nitrogens with two attached hydrogens (primary N) is 2. The summed E-state index contributed by atoms with van der Waals surface area (Å²) in [6, 6.07) is 2.29. The molecule has 6 N–H and O–H groups in total. The van der Waals surface area contributed by atoms with Gasteiger partial charge in [-0.15, -0.1) is 23.1 Å². The van der Waals surface area contributed by atoms with Crippen molar-refractivity contribution in [2.75, 3.05) is 17.2 Å². The summed E-state index contributed by atoms with van der Waals surface area (Å²) in [5.74, 6) is -5.12. The first-order chi connectivity index (χ1) is 17.6. The third kappa shape index (κ3) is 5.24. The molecule has 2 atom stereocenters. The molecule has 14 nitrogen and oxygen atoms in total. The zero-order valence-electron chi connectivity index (χ0n) is 18.8. The number of thiazole rings is 1. The number of carbonyl (C=O) groups excluding carboxylic acids is 3. The van der Waals surface area contributed by atoms with Gasteiger partial charge in [-0.1, -0.05) is 5.16 Å². The Hall–Kier alpha value is -4.44. The summed E-state index contributed by atoms with van der Waals surface area (Å²) in [7, 11) is 0. The molecule has 2 aliphatic rings. The number of nitrogens with zero attached hydrogens (tertiary/aromatic N) is 4. The van der Waals surface area contributed by atoms with E-state index in [4.69, 9.17) is 21.4 Å². The van der Waals surface area contributed by atoms with Crippen LogP contribution in [0.25, 0.3) is 0 Å². The third-order valence-electron chi connectivity index (χ3n) is 5.25. The summed E-state index contributed by atoms with van der Waals surface area (Å²) in [6.07, 6.45) is 3.34. The first kappa shape index (κ1) is 25.6. The number of rotatable bonds is 9. The Kier molecular flexibility index (Phi) is 7.12. The first-order valence-corrected chi connectivity index (χ1v) is 12.3. The average Bonchev–Trinajstić information content (AvgIpc) is 3.27. The molecule has 2 aliphatic heterocycles. The maximum Gasteiger partial charge on any atom is 0.374 e. The molecule has 192 valence electrons. The third-order valence-corrected chi connectivity index (χ3v) is 7.26. The van der Waals surface area contributed by atoms with Crippen molar-refractivity contribution in [2.45, 2.75) is 18.0 Å². The second kappa shape index (κ2) is 10.3. The first-order valence-electron chi connectivity index (χ1n) is 10.4. The fraction of sp³-hybridized carbons (Fsp3) is 0.190. The molecule has 0 radical (unpaired) electrons. The SMILES string of the molecule is C=C(O/N=C(/C(=O)N[C@@H]1C(=O)N2C(C(=O)[O-])=C(C[n+]3cccc(N)c3)CS[C@H]12)c1csc(N)n1)C(=O)O. The van der Waals surface area contributed by atoms with E-state index in [1.165, 1.54) is 17.1 Å². The zero-order chi connectivity index (χ0) is 26.9. The molecule has 0 aliphatic carbocycles. The summed E-state index contributed by atoms with van der Waals surface area (Å²) in [6.45, 7) is 3.33. The number of oxime groups is 1. The monoisotopic (exact) mass is 545 g/mol. The molecule has 37 heavy (non-hydrogen) atoms. The van der Waals surface area contributed by atoms with Gasteiger partial charge in [0.15, 0.2) is 29.8 Å². The smallest absolute Gasteiger partial charge is 0.374 e. The molecule has 2 aromatic rings. The molecule has 16 heteroatoms. The number of anilines is 2. The Morgan fingerprint density at radius 1 is 1.41 bits per heavy atom. The summed E-state index contributed by atoms with van der Waals surface area (Å²) in [4.78, 5) is 58.6. The van der Waals surface area contributed by atoms with Gasteiger partial charge in [0.05, 0.1) is 17.4 Å². The molecule has 1 saturated heterocycles. The summed E-state index contributed by atoms with van der Waals surface area (Å²) < 4.78 is 1.69. The van der Waals surface area contributed by atoms with E-state index in [0.717, 1.165) is 16.2 Å². The van der Waals surface area contributed by atoms with Gasteiger partial charge < -0.3 is 36.6 Å². The Morgan fingerprint density at radius 2 is 2.16 bits per heavy atom. The quantitative estimate of drug-likeness (QED) is 0.0675. The number of carboxylic acid groups (broad SMARTS) is 2. The van der Waals surface area contributed by atoms with E-state index < -0.39 is 46.6 Å². The molecule has 2 amide bonds. The average molecular weight is 546 g/mol. The van der Waals surface area contributed by atoms with Crippen molar-refractivity contribution < 1.29 is 38.8 Å². The lowest BCUT2D eigenvalue weighted by Crippen LogP contribution is -2.71. The number of nitrogen functional groups attached to an aromatic ring is 2. The highest BCUT2D eigenvalue weighted by Gasteiger charge is 2.53. The van der Waals surface area contributed by atoms with Crippen molar-refractivity contribution >= 4 is 63.4 Å². The van der Waals surface area contributed by atoms with Crippen LogP contribution in [0.2, 0.25) is 0 Å². The molecule has 4 heterocycles. The lowest BCUT2D eigenvalue weighted by molar-refractivity contribution is -0.688. The van der Waals surface area contributed by atoms with E-state index in [2.05, 4.69) is 22.0 Å². The zero-order valence-corrected chi connectivity index (χ0v) is 20.5. The van der Waals surface area contributed by atoms with Crippen molar-refractivity contribution in [1.29, 1.82) is 0 Å². The molecule has 1 fully saturated rings. The number of aliphatic carboxylic acids is 2. The maximum atomic E-state index is 13.0. The number of fused-ring (bicyclic) bond motifs is 1. The highest BCUT2D eigenvalue weighted by molar-refractivity contribution is 8.00. The van der Waals surface area contributed by atoms with Crippen molar-refractivity contribution in [3.63, 3.8) is 0 Å². The van der Waals surface area contributed by atoms with Gasteiger partial charge in [-0.05, 0) is 12.6 Å². The molecular weight excluding hydrogens is 526 g/mol. The maximum absolute atomic E-state index is 13.0. The van der Waals surface area contributed by atoms with E-state index in [9.17, 15) is 24.3 Å². The number of aromatic nitrogens is 2. The Morgan fingerprint density at radius 3 is 2.78 bits per heavy atom. The number of hydrogen-bond donors (Lipinski definition) is 4. The lowest BCUT2D eigenvalue weighted by atomic mass is 10.0. The number of thioether (sulfide) groups is 1. The van der Waals surface area contributed by atoms with E-state index in [1.807, 2.05) is 0 Å². The van der Waals surface area contributed by atoms with E-state index in [1.54, 1.807) is 29.1 Å². The summed E-state index contributed by atoms with van der Waals surface area (Å²) >= 11 is 2.25. The van der Waals surface area contributed by atoms with Crippen LogP contribution in [0.5, 0.6) is 0 Å². The largest absolute Gasteiger partial charge is 0.543 e. The molecular formula is C21H19N7O7S2. The summed E-state index contributed by atoms with van der Waals surface area (Å²) in [5, 5.41) is 27.7. The van der Waals surface area contributed by atoms with Gasteiger partial charge >= 0.3 is 5.97 Å². The minimum atomic E-state index is -1.52. The number of carboxylic acids is 2. The van der Waals surface area contributed by atoms with Crippen LogP contribution < -0.4 is 26.5 Å². The number of hydrogen-bond acceptors (Lipinski definition) is 12. The highest BCUT2D eigenvalue weighted by Crippen LogP contribution is 2.40. The van der Waals surface area contributed by atoms with Crippen LogP contribution in [0.15, 0.2) is 58.7 Å². The van der Waals surface area contributed by atoms with E-state index in [-0.39, 0.29) is 28.8 Å². The standard InChI is InChI=1S/C21H19N7O7S2/c1-9(19(31)32)35-26-13(12-8-37-21(23)24-12)16(29)25-14-17(30)28-15(20(33)34)10(7-36-18(14)28)5-27-4-2-3-11(22)6-27/h2-4,6,8,14,18H,1,5,7,22H2,(H4-,23,24,25,29,31,32,33,34)/b26-13+/t14-,18-/m1/s1. The number of pyridine rings is 1. The second-order valence-electron chi connectivity index (χ2n) is 7.74. The van der Waals surface area contributed by atoms with Gasteiger partial charge in [0.2, 0.25) is 5.76 Å². The number of carbonyl (C=O) groups is 4. The van der Waals surface area contributed by atoms with Crippen LogP contribution in [0, 0.1) is 0 Å². The van der Waals surface area contributed by atoms with Gasteiger partial charge in [-0.2, -0.15) is 4.57 Å². The van der Waals surface area contributed by atoms with Crippen molar-refractivity contribution in [3.05, 3.63) is 59.2 Å². The van der Waals surface area contributed by atoms with Gasteiger partial charge in [0.1, 0.15) is 17.1 Å².